The van der Waals surface area contributed by atoms with Crippen LogP contribution in [0.1, 0.15) is 46.0 Å². The topological polar surface area (TPSA) is 114 Å². The second kappa shape index (κ2) is 11.7. The number of rotatable bonds is 11. The minimum Gasteiger partial charge on any atom is -0.353 e. The van der Waals surface area contributed by atoms with Crippen LogP contribution in [-0.2, 0) is 9.59 Å². The van der Waals surface area contributed by atoms with Crippen LogP contribution >= 0.6 is 11.6 Å². The van der Waals surface area contributed by atoms with Crippen molar-refractivity contribution < 1.29 is 19.2 Å². The summed E-state index contributed by atoms with van der Waals surface area (Å²) < 4.78 is 15.4. The summed E-state index contributed by atoms with van der Waals surface area (Å²) >= 11 is 6.12. The average Bonchev–Trinajstić information content (AvgIpc) is 3.40. The highest BCUT2D eigenvalue weighted by molar-refractivity contribution is 6.28. The van der Waals surface area contributed by atoms with E-state index in [1.807, 2.05) is 19.0 Å². The Balaban J connectivity index is 1.72. The van der Waals surface area contributed by atoms with Crippen LogP contribution in [0.25, 0.3) is 0 Å². The van der Waals surface area contributed by atoms with Gasteiger partial charge in [-0.3, -0.25) is 25.6 Å². The number of hydrazine groups is 1. The van der Waals surface area contributed by atoms with Gasteiger partial charge in [-0.05, 0) is 49.4 Å². The van der Waals surface area contributed by atoms with Crippen LogP contribution in [0.4, 0.5) is 16.0 Å². The number of hydrogen-bond acceptors (Lipinski definition) is 8. The van der Waals surface area contributed by atoms with E-state index in [2.05, 4.69) is 39.6 Å². The van der Waals surface area contributed by atoms with Crippen LogP contribution in [0.2, 0.25) is 5.28 Å². The first-order chi connectivity index (χ1) is 16.5. The number of carbonyl (C=O) groups is 2. The predicted octanol–water partition coefficient (Wildman–Crippen LogP) is 2.78. The van der Waals surface area contributed by atoms with E-state index in [1.54, 1.807) is 0 Å². The summed E-state index contributed by atoms with van der Waals surface area (Å²) in [5.41, 5.74) is 4.97. The summed E-state index contributed by atoms with van der Waals surface area (Å²) in [4.78, 5) is 35.8. The van der Waals surface area contributed by atoms with Gasteiger partial charge in [-0.15, -0.1) is 0 Å². The lowest BCUT2D eigenvalue weighted by atomic mass is 9.82. The Morgan fingerprint density at radius 3 is 2.66 bits per heavy atom. The number of halogens is 2. The van der Waals surface area contributed by atoms with Crippen molar-refractivity contribution in [3.05, 3.63) is 11.1 Å². The third-order valence-corrected chi connectivity index (χ3v) is 7.30. The molecule has 3 rings (SSSR count). The smallest absolute Gasteiger partial charge is 0.243 e. The van der Waals surface area contributed by atoms with E-state index >= 15 is 4.39 Å². The molecule has 1 aromatic heterocycles. The lowest BCUT2D eigenvalue weighted by Gasteiger charge is -2.27. The monoisotopic (exact) mass is 513 g/mol. The number of carbonyl (C=O) groups excluding carboxylic acids is 2. The molecule has 2 amide bonds. The van der Waals surface area contributed by atoms with Gasteiger partial charge < -0.3 is 9.80 Å². The molecule has 1 aliphatic carbocycles. The normalized spacial score (nSPS) is 20.8. The first kappa shape index (κ1) is 27.3. The standard InChI is InChI=1S/C23H37ClFN7O3/c1-23(2)13-31(12-17(23)11-30(3)4)20-18(25)19(26-22(24)27-20)28-29-21(34)16(10-32(35)14-33)9-15-7-5-6-8-15/h14-17,35H,5-13H2,1-4H3,(H,29,34)(H,26,27,28). The van der Waals surface area contributed by atoms with Crippen molar-refractivity contribution >= 4 is 35.6 Å². The summed E-state index contributed by atoms with van der Waals surface area (Å²) in [7, 11) is 4.02. The Bertz CT molecular complexity index is 898. The van der Waals surface area contributed by atoms with Gasteiger partial charge in [-0.25, -0.2) is 5.06 Å². The zero-order chi connectivity index (χ0) is 25.8. The summed E-state index contributed by atoms with van der Waals surface area (Å²) in [6, 6.07) is 0. The zero-order valence-corrected chi connectivity index (χ0v) is 21.7. The fourth-order valence-electron chi connectivity index (χ4n) is 5.21. The van der Waals surface area contributed by atoms with E-state index in [1.165, 1.54) is 0 Å². The number of amides is 2. The summed E-state index contributed by atoms with van der Waals surface area (Å²) in [6.45, 7) is 6.22. The van der Waals surface area contributed by atoms with Crippen molar-refractivity contribution in [1.82, 2.24) is 25.4 Å². The highest BCUT2D eigenvalue weighted by Gasteiger charge is 2.41. The van der Waals surface area contributed by atoms with Crippen molar-refractivity contribution in [3.63, 3.8) is 0 Å². The van der Waals surface area contributed by atoms with Crippen LogP contribution in [0.15, 0.2) is 0 Å². The number of hydroxylamine groups is 2. The molecule has 10 nitrogen and oxygen atoms in total. The van der Waals surface area contributed by atoms with E-state index in [9.17, 15) is 14.8 Å². The van der Waals surface area contributed by atoms with Gasteiger partial charge in [0.1, 0.15) is 0 Å². The Morgan fingerprint density at radius 1 is 1.34 bits per heavy atom. The first-order valence-electron chi connectivity index (χ1n) is 12.1. The maximum atomic E-state index is 15.4. The highest BCUT2D eigenvalue weighted by atomic mass is 35.5. The van der Waals surface area contributed by atoms with Crippen LogP contribution in [0, 0.1) is 29.0 Å². The van der Waals surface area contributed by atoms with Gasteiger partial charge in [0.25, 0.3) is 0 Å². The Morgan fingerprint density at radius 2 is 2.03 bits per heavy atom. The lowest BCUT2D eigenvalue weighted by Crippen LogP contribution is -2.41. The molecule has 1 aromatic rings. The minimum atomic E-state index is -0.708. The van der Waals surface area contributed by atoms with Gasteiger partial charge in [-0.1, -0.05) is 39.5 Å². The number of anilines is 2. The van der Waals surface area contributed by atoms with Crippen LogP contribution in [0.3, 0.4) is 0 Å². The van der Waals surface area contributed by atoms with Gasteiger partial charge in [0.15, 0.2) is 11.6 Å². The molecule has 1 aliphatic heterocycles. The largest absolute Gasteiger partial charge is 0.353 e. The minimum absolute atomic E-state index is 0.0574. The Hall–Kier alpha value is -2.24. The third-order valence-electron chi connectivity index (χ3n) is 7.13. The molecule has 2 aliphatic rings. The summed E-state index contributed by atoms with van der Waals surface area (Å²) in [5, 5.41) is 9.97. The second-order valence-electron chi connectivity index (χ2n) is 10.7. The molecule has 12 heteroatoms. The van der Waals surface area contributed by atoms with Crippen molar-refractivity contribution in [2.75, 3.05) is 50.6 Å². The molecule has 1 saturated carbocycles. The number of hydrogen-bond donors (Lipinski definition) is 3. The molecule has 1 saturated heterocycles. The number of nitrogens with one attached hydrogen (secondary N) is 2. The van der Waals surface area contributed by atoms with E-state index in [-0.39, 0.29) is 35.3 Å². The third kappa shape index (κ3) is 7.14. The zero-order valence-electron chi connectivity index (χ0n) is 20.9. The molecule has 0 bridgehead atoms. The Labute approximate surface area is 211 Å². The summed E-state index contributed by atoms with van der Waals surface area (Å²) in [6.07, 6.45) is 4.99. The van der Waals surface area contributed by atoms with Crippen LogP contribution in [-0.4, -0.2) is 77.7 Å². The van der Waals surface area contributed by atoms with Crippen molar-refractivity contribution in [2.24, 2.45) is 23.2 Å². The van der Waals surface area contributed by atoms with Crippen LogP contribution in [0.5, 0.6) is 0 Å². The van der Waals surface area contributed by atoms with E-state index in [4.69, 9.17) is 11.6 Å². The average molecular weight is 514 g/mol. The molecule has 2 heterocycles. The lowest BCUT2D eigenvalue weighted by molar-refractivity contribution is -0.154. The maximum Gasteiger partial charge on any atom is 0.243 e. The van der Waals surface area contributed by atoms with Gasteiger partial charge in [0.05, 0.1) is 12.5 Å². The van der Waals surface area contributed by atoms with Crippen molar-refractivity contribution in [1.29, 1.82) is 0 Å². The van der Waals surface area contributed by atoms with Crippen molar-refractivity contribution in [2.45, 2.75) is 46.0 Å². The molecule has 2 unspecified atom stereocenters. The summed E-state index contributed by atoms with van der Waals surface area (Å²) in [5.74, 6) is -1.35. The maximum absolute atomic E-state index is 15.4. The van der Waals surface area contributed by atoms with Crippen LogP contribution < -0.4 is 15.8 Å². The number of nitrogens with zero attached hydrogens (tertiary/aromatic N) is 5. The number of aromatic nitrogens is 2. The molecule has 2 atom stereocenters. The quantitative estimate of drug-likeness (QED) is 0.179. The molecule has 0 radical (unpaired) electrons. The highest BCUT2D eigenvalue weighted by Crippen LogP contribution is 2.39. The van der Waals surface area contributed by atoms with Gasteiger partial charge in [0.2, 0.25) is 23.4 Å². The molecule has 2 fully saturated rings. The molecular weight excluding hydrogens is 477 g/mol. The van der Waals surface area contributed by atoms with Gasteiger partial charge in [-0.2, -0.15) is 14.4 Å². The fourth-order valence-corrected chi connectivity index (χ4v) is 5.38. The van der Waals surface area contributed by atoms with E-state index in [0.29, 0.717) is 36.4 Å². The molecule has 3 N–H and O–H groups in total. The molecule has 0 aromatic carbocycles. The second-order valence-corrected chi connectivity index (χ2v) is 11.1. The molecular formula is C23H37ClFN7O3. The Kier molecular flexibility index (Phi) is 9.11. The first-order valence-corrected chi connectivity index (χ1v) is 12.5. The van der Waals surface area contributed by atoms with E-state index in [0.717, 1.165) is 32.2 Å². The van der Waals surface area contributed by atoms with E-state index < -0.39 is 17.6 Å². The predicted molar refractivity (Wildman–Crippen MR) is 131 cm³/mol. The van der Waals surface area contributed by atoms with Crippen molar-refractivity contribution in [3.8, 4) is 0 Å². The van der Waals surface area contributed by atoms with Gasteiger partial charge in [0, 0.05) is 19.6 Å². The SMILES string of the molecule is CN(C)CC1CN(c2nc(Cl)nc(NNC(=O)C(CC3CCCC3)CN(O)C=O)c2F)CC1(C)C. The molecule has 35 heavy (non-hydrogen) atoms. The fraction of sp³-hybridized carbons (Fsp3) is 0.739. The molecule has 196 valence electrons. The van der Waals surface area contributed by atoms with Gasteiger partial charge >= 0.3 is 0 Å². The molecule has 0 spiro atoms.